The Bertz CT molecular complexity index is 458. The van der Waals surface area contributed by atoms with Gasteiger partial charge in [-0.05, 0) is 31.0 Å². The van der Waals surface area contributed by atoms with Crippen LogP contribution in [0.5, 0.6) is 11.5 Å². The zero-order valence-corrected chi connectivity index (χ0v) is 11.0. The Labute approximate surface area is 111 Å². The van der Waals surface area contributed by atoms with Crippen LogP contribution in [0.4, 0.5) is 0 Å². The second-order valence-electron chi connectivity index (χ2n) is 4.62. The van der Waals surface area contributed by atoms with Crippen LogP contribution in [0.25, 0.3) is 0 Å². The smallest absolute Gasteiger partial charge is 0.162 e. The quantitative estimate of drug-likeness (QED) is 0.822. The molecule has 0 unspecified atom stereocenters. The van der Waals surface area contributed by atoms with Gasteiger partial charge in [-0.25, -0.2) is 0 Å². The van der Waals surface area contributed by atoms with Crippen molar-refractivity contribution in [2.45, 2.75) is 35.8 Å². The molecule has 0 aromatic heterocycles. The molecule has 1 aromatic carbocycles. The standard InChI is InChI=1S/C14H16O3S/c15-11-3-1-2-4-14(11)18-10-5-6-12-13(9-10)17-8-7-16-12/h5-6,9,14H,1-4,7-8H2/t14-/m0/s1. The van der Waals surface area contributed by atoms with E-state index in [-0.39, 0.29) is 5.25 Å². The number of ketones is 1. The van der Waals surface area contributed by atoms with Crippen LogP contribution in [0, 0.1) is 0 Å². The molecule has 3 rings (SSSR count). The van der Waals surface area contributed by atoms with Gasteiger partial charge in [-0.2, -0.15) is 0 Å². The molecule has 18 heavy (non-hydrogen) atoms. The number of thioether (sulfide) groups is 1. The van der Waals surface area contributed by atoms with E-state index in [4.69, 9.17) is 9.47 Å². The molecule has 0 radical (unpaired) electrons. The molecular formula is C14H16O3S. The molecule has 0 spiro atoms. The van der Waals surface area contributed by atoms with Gasteiger partial charge in [0.2, 0.25) is 0 Å². The Morgan fingerprint density at radius 3 is 2.78 bits per heavy atom. The second-order valence-corrected chi connectivity index (χ2v) is 5.90. The lowest BCUT2D eigenvalue weighted by atomic mass is 9.99. The molecule has 3 nitrogen and oxygen atoms in total. The van der Waals surface area contributed by atoms with Gasteiger partial charge in [-0.1, -0.05) is 6.42 Å². The van der Waals surface area contributed by atoms with Crippen LogP contribution in [-0.4, -0.2) is 24.2 Å². The first-order valence-corrected chi connectivity index (χ1v) is 7.30. The van der Waals surface area contributed by atoms with Gasteiger partial charge in [0, 0.05) is 11.3 Å². The van der Waals surface area contributed by atoms with Crippen LogP contribution in [0.1, 0.15) is 25.7 Å². The monoisotopic (exact) mass is 264 g/mol. The van der Waals surface area contributed by atoms with E-state index >= 15 is 0 Å². The molecule has 1 atom stereocenters. The molecule has 96 valence electrons. The molecule has 0 bridgehead atoms. The zero-order valence-electron chi connectivity index (χ0n) is 10.2. The number of carbonyl (C=O) groups excluding carboxylic acids is 1. The highest BCUT2D eigenvalue weighted by Gasteiger charge is 2.23. The summed E-state index contributed by atoms with van der Waals surface area (Å²) in [4.78, 5) is 12.9. The highest BCUT2D eigenvalue weighted by molar-refractivity contribution is 8.00. The maximum atomic E-state index is 11.8. The van der Waals surface area contributed by atoms with Crippen molar-refractivity contribution in [2.75, 3.05) is 13.2 Å². The van der Waals surface area contributed by atoms with E-state index in [1.807, 2.05) is 18.2 Å². The summed E-state index contributed by atoms with van der Waals surface area (Å²) >= 11 is 1.66. The van der Waals surface area contributed by atoms with Crippen molar-refractivity contribution < 1.29 is 14.3 Å². The largest absolute Gasteiger partial charge is 0.486 e. The molecule has 1 aliphatic heterocycles. The number of hydrogen-bond acceptors (Lipinski definition) is 4. The van der Waals surface area contributed by atoms with Crippen LogP contribution in [0.2, 0.25) is 0 Å². The van der Waals surface area contributed by atoms with E-state index in [1.165, 1.54) is 0 Å². The molecule has 4 heteroatoms. The summed E-state index contributed by atoms with van der Waals surface area (Å²) in [6.45, 7) is 1.21. The van der Waals surface area contributed by atoms with Crippen LogP contribution < -0.4 is 9.47 Å². The van der Waals surface area contributed by atoms with Gasteiger partial charge >= 0.3 is 0 Å². The van der Waals surface area contributed by atoms with Gasteiger partial charge in [-0.15, -0.1) is 11.8 Å². The Morgan fingerprint density at radius 2 is 1.94 bits per heavy atom. The second kappa shape index (κ2) is 5.22. The predicted octanol–water partition coefficient (Wildman–Crippen LogP) is 3.06. The number of benzene rings is 1. The lowest BCUT2D eigenvalue weighted by molar-refractivity contribution is -0.119. The van der Waals surface area contributed by atoms with Crippen LogP contribution in [0.3, 0.4) is 0 Å². The summed E-state index contributed by atoms with van der Waals surface area (Å²) in [5, 5.41) is 0.126. The average Bonchev–Trinajstić information content (AvgIpc) is 2.41. The van der Waals surface area contributed by atoms with Gasteiger partial charge in [0.15, 0.2) is 11.5 Å². The Morgan fingerprint density at radius 1 is 1.11 bits per heavy atom. The topological polar surface area (TPSA) is 35.5 Å². The van der Waals surface area contributed by atoms with E-state index < -0.39 is 0 Å². The van der Waals surface area contributed by atoms with E-state index in [0.717, 1.165) is 42.1 Å². The molecule has 1 saturated carbocycles. The Balaban J connectivity index is 1.74. The molecule has 2 aliphatic rings. The summed E-state index contributed by atoms with van der Waals surface area (Å²) in [5.74, 6) is 2.00. The van der Waals surface area contributed by atoms with Crippen molar-refractivity contribution in [3.63, 3.8) is 0 Å². The summed E-state index contributed by atoms with van der Waals surface area (Å²) in [6.07, 6.45) is 3.95. The van der Waals surface area contributed by atoms with Crippen molar-refractivity contribution in [1.82, 2.24) is 0 Å². The molecule has 0 N–H and O–H groups in total. The maximum absolute atomic E-state index is 11.8. The number of hydrogen-bond donors (Lipinski definition) is 0. The first-order chi connectivity index (χ1) is 8.83. The average molecular weight is 264 g/mol. The van der Waals surface area contributed by atoms with E-state index in [0.29, 0.717) is 19.0 Å². The summed E-state index contributed by atoms with van der Waals surface area (Å²) < 4.78 is 11.0. The van der Waals surface area contributed by atoms with Crippen LogP contribution >= 0.6 is 11.8 Å². The molecule has 1 fully saturated rings. The van der Waals surface area contributed by atoms with Gasteiger partial charge in [-0.3, -0.25) is 4.79 Å². The van der Waals surface area contributed by atoms with Gasteiger partial charge in [0.1, 0.15) is 19.0 Å². The number of ether oxygens (including phenoxy) is 2. The normalized spacial score (nSPS) is 22.9. The van der Waals surface area contributed by atoms with Crippen molar-refractivity contribution in [1.29, 1.82) is 0 Å². The van der Waals surface area contributed by atoms with Crippen molar-refractivity contribution in [3.8, 4) is 11.5 Å². The first-order valence-electron chi connectivity index (χ1n) is 6.42. The lowest BCUT2D eigenvalue weighted by Crippen LogP contribution is -2.21. The minimum atomic E-state index is 0.126. The minimum Gasteiger partial charge on any atom is -0.486 e. The maximum Gasteiger partial charge on any atom is 0.162 e. The zero-order chi connectivity index (χ0) is 12.4. The number of rotatable bonds is 2. The predicted molar refractivity (Wildman–Crippen MR) is 70.6 cm³/mol. The summed E-state index contributed by atoms with van der Waals surface area (Å²) in [5.41, 5.74) is 0. The highest BCUT2D eigenvalue weighted by atomic mass is 32.2. The van der Waals surface area contributed by atoms with Crippen molar-refractivity contribution >= 4 is 17.5 Å². The summed E-state index contributed by atoms with van der Waals surface area (Å²) in [6, 6.07) is 5.94. The Kier molecular flexibility index (Phi) is 3.46. The molecule has 1 aromatic rings. The molecular weight excluding hydrogens is 248 g/mol. The molecule has 1 aliphatic carbocycles. The van der Waals surface area contributed by atoms with E-state index in [1.54, 1.807) is 11.8 Å². The minimum absolute atomic E-state index is 0.126. The van der Waals surface area contributed by atoms with E-state index in [2.05, 4.69) is 0 Å². The SMILES string of the molecule is O=C1CCCC[C@@H]1Sc1ccc2c(c1)OCCO2. The first kappa shape index (κ1) is 11.9. The molecule has 0 saturated heterocycles. The number of carbonyl (C=O) groups is 1. The number of Topliss-reactive ketones (excluding diaryl/α,β-unsaturated/α-hetero) is 1. The van der Waals surface area contributed by atoms with Gasteiger partial charge in [0.25, 0.3) is 0 Å². The molecule has 1 heterocycles. The van der Waals surface area contributed by atoms with Gasteiger partial charge in [0.05, 0.1) is 5.25 Å². The lowest BCUT2D eigenvalue weighted by Gasteiger charge is -2.22. The fourth-order valence-electron chi connectivity index (χ4n) is 2.34. The third-order valence-electron chi connectivity index (χ3n) is 3.29. The third kappa shape index (κ3) is 2.48. The third-order valence-corrected chi connectivity index (χ3v) is 4.60. The van der Waals surface area contributed by atoms with Crippen molar-refractivity contribution in [2.24, 2.45) is 0 Å². The van der Waals surface area contributed by atoms with E-state index in [9.17, 15) is 4.79 Å². The fourth-order valence-corrected chi connectivity index (χ4v) is 3.52. The molecule has 0 amide bonds. The van der Waals surface area contributed by atoms with Crippen LogP contribution in [0.15, 0.2) is 23.1 Å². The summed E-state index contributed by atoms with van der Waals surface area (Å²) in [7, 11) is 0. The highest BCUT2D eigenvalue weighted by Crippen LogP contribution is 2.37. The number of fused-ring (bicyclic) bond motifs is 1. The van der Waals surface area contributed by atoms with Crippen molar-refractivity contribution in [3.05, 3.63) is 18.2 Å². The Hall–Kier alpha value is -1.16. The fraction of sp³-hybridized carbons (Fsp3) is 0.500. The van der Waals surface area contributed by atoms with Gasteiger partial charge < -0.3 is 9.47 Å². The van der Waals surface area contributed by atoms with Crippen LogP contribution in [-0.2, 0) is 4.79 Å².